The Kier molecular flexibility index (Phi) is 10.1. The molecule has 3 N–H and O–H groups in total. The third-order valence-electron chi connectivity index (χ3n) is 10.6. The highest BCUT2D eigenvalue weighted by atomic mass is 32.2. The van der Waals surface area contributed by atoms with Crippen LogP contribution in [0.4, 0.5) is 14.0 Å². The van der Waals surface area contributed by atoms with E-state index < -0.39 is 85.7 Å². The zero-order valence-electron chi connectivity index (χ0n) is 30.0. The minimum Gasteiger partial charge on any atom is -0.444 e. The van der Waals surface area contributed by atoms with Crippen molar-refractivity contribution in [3.05, 3.63) is 47.3 Å². The lowest BCUT2D eigenvalue weighted by atomic mass is 10.0. The van der Waals surface area contributed by atoms with Crippen molar-refractivity contribution in [1.82, 2.24) is 25.2 Å². The van der Waals surface area contributed by atoms with Gasteiger partial charge in [0, 0.05) is 24.4 Å². The minimum atomic E-state index is -4.02. The molecule has 16 heteroatoms. The van der Waals surface area contributed by atoms with E-state index in [0.717, 1.165) is 12.8 Å². The lowest BCUT2D eigenvalue weighted by Crippen LogP contribution is -2.58. The van der Waals surface area contributed by atoms with E-state index in [0.29, 0.717) is 36.8 Å². The predicted molar refractivity (Wildman–Crippen MR) is 185 cm³/mol. The summed E-state index contributed by atoms with van der Waals surface area (Å²) in [4.78, 5) is 71.1. The number of carbonyl (C=O) groups excluding carboxylic acids is 5. The second kappa shape index (κ2) is 14.0. The standard InChI is InChI=1S/C36H48FN5O9S/c1-34(2,3)51-32(46)38-27-14-9-7-5-6-8-12-23-18-36(23,31(45)40-52(48,49)35(4)15-16-35)39-29(43)28-17-24(20-42(28)30(27)44)50-33(47)41-19-22-11-10-13-26(37)25(22)21-41/h8,10-13,23-24,27-28H,5-7,9,14-21H2,1-4H3,(H,38,46)(H,39,43)(H,40,45)/b12-8-/t23-,24+,27-,28-,36+/m0/s1. The average molecular weight is 746 g/mol. The van der Waals surface area contributed by atoms with Gasteiger partial charge >= 0.3 is 12.2 Å². The number of fused-ring (bicyclic) bond motifs is 3. The minimum absolute atomic E-state index is 0.00348. The summed E-state index contributed by atoms with van der Waals surface area (Å²) in [6.07, 6.45) is 5.00. The van der Waals surface area contributed by atoms with Crippen molar-refractivity contribution in [2.75, 3.05) is 6.54 Å². The first-order chi connectivity index (χ1) is 24.4. The third-order valence-corrected chi connectivity index (χ3v) is 12.8. The number of allylic oxidation sites excluding steroid dienone is 1. The molecule has 14 nitrogen and oxygen atoms in total. The average Bonchev–Trinajstić information content (AvgIpc) is 3.84. The first kappa shape index (κ1) is 37.5. The Balaban J connectivity index is 1.26. The topological polar surface area (TPSA) is 181 Å². The number of sulfonamides is 1. The Morgan fingerprint density at radius 1 is 1.08 bits per heavy atom. The summed E-state index contributed by atoms with van der Waals surface area (Å²) < 4.78 is 52.9. The van der Waals surface area contributed by atoms with Crippen molar-refractivity contribution in [3.63, 3.8) is 0 Å². The highest BCUT2D eigenvalue weighted by Gasteiger charge is 2.63. The molecule has 52 heavy (non-hydrogen) atoms. The van der Waals surface area contributed by atoms with Gasteiger partial charge in [0.15, 0.2) is 0 Å². The number of amides is 5. The number of nitrogens with one attached hydrogen (secondary N) is 3. The summed E-state index contributed by atoms with van der Waals surface area (Å²) in [7, 11) is -4.02. The van der Waals surface area contributed by atoms with Gasteiger partial charge in [0.1, 0.15) is 35.1 Å². The van der Waals surface area contributed by atoms with Gasteiger partial charge in [-0.15, -0.1) is 0 Å². The van der Waals surface area contributed by atoms with Crippen molar-refractivity contribution in [1.29, 1.82) is 0 Å². The fraction of sp³-hybridized carbons (Fsp3) is 0.639. The molecule has 3 aliphatic heterocycles. The lowest BCUT2D eigenvalue weighted by Gasteiger charge is -2.30. The molecular formula is C36H48FN5O9S. The Bertz CT molecular complexity index is 1770. The number of carbonyl (C=O) groups is 5. The number of rotatable bonds is 5. The number of hydrogen-bond donors (Lipinski definition) is 3. The van der Waals surface area contributed by atoms with Gasteiger partial charge in [-0.2, -0.15) is 0 Å². The van der Waals surface area contributed by atoms with Crippen molar-refractivity contribution < 1.29 is 46.3 Å². The van der Waals surface area contributed by atoms with Crippen LogP contribution in [0, 0.1) is 11.7 Å². The van der Waals surface area contributed by atoms with E-state index >= 15 is 0 Å². The van der Waals surface area contributed by atoms with Crippen LogP contribution < -0.4 is 15.4 Å². The summed E-state index contributed by atoms with van der Waals surface area (Å²) >= 11 is 0. The van der Waals surface area contributed by atoms with E-state index in [2.05, 4.69) is 15.4 Å². The van der Waals surface area contributed by atoms with Crippen LogP contribution in [-0.4, -0.2) is 88.7 Å². The fourth-order valence-electron chi connectivity index (χ4n) is 7.12. The van der Waals surface area contributed by atoms with Crippen molar-refractivity contribution in [2.24, 2.45) is 5.92 Å². The molecule has 1 saturated heterocycles. The van der Waals surface area contributed by atoms with Gasteiger partial charge in [0.25, 0.3) is 5.91 Å². The molecular weight excluding hydrogens is 697 g/mol. The molecule has 2 saturated carbocycles. The monoisotopic (exact) mass is 745 g/mol. The van der Waals surface area contributed by atoms with E-state index in [1.807, 2.05) is 12.2 Å². The molecule has 1 aromatic rings. The maximum atomic E-state index is 14.4. The SMILES string of the molecule is CC(C)(C)OC(=O)N[C@H]1CCCCC/C=C\[C@H]2C[C@@]2(C(=O)NS(=O)(=O)C2(C)CC2)NC(=O)[C@@H]2C[C@@H](OC(=O)N3Cc4cccc(F)c4C3)CN2C1=O. The molecule has 3 fully saturated rings. The fourth-order valence-corrected chi connectivity index (χ4v) is 8.44. The summed E-state index contributed by atoms with van der Waals surface area (Å²) in [6.45, 7) is 6.57. The summed E-state index contributed by atoms with van der Waals surface area (Å²) in [6, 6.07) is 2.29. The first-order valence-electron chi connectivity index (χ1n) is 18.0. The smallest absolute Gasteiger partial charge is 0.410 e. The highest BCUT2D eigenvalue weighted by molar-refractivity contribution is 7.91. The second-order valence-electron chi connectivity index (χ2n) is 15.9. The molecule has 5 amide bonds. The summed E-state index contributed by atoms with van der Waals surface area (Å²) in [5.74, 6) is -3.09. The molecule has 3 heterocycles. The van der Waals surface area contributed by atoms with Crippen LogP contribution in [0.2, 0.25) is 0 Å². The number of ether oxygens (including phenoxy) is 2. The van der Waals surface area contributed by atoms with Crippen LogP contribution in [0.25, 0.3) is 0 Å². The van der Waals surface area contributed by atoms with Crippen LogP contribution in [-0.2, 0) is 47.0 Å². The first-order valence-corrected chi connectivity index (χ1v) is 19.5. The van der Waals surface area contributed by atoms with Crippen molar-refractivity contribution in [3.8, 4) is 0 Å². The van der Waals surface area contributed by atoms with Crippen molar-refractivity contribution >= 4 is 39.9 Å². The van der Waals surface area contributed by atoms with Crippen LogP contribution in [0.15, 0.2) is 30.4 Å². The zero-order valence-corrected chi connectivity index (χ0v) is 30.9. The quantitative estimate of drug-likeness (QED) is 0.380. The molecule has 0 unspecified atom stereocenters. The lowest BCUT2D eigenvalue weighted by molar-refractivity contribution is -0.141. The van der Waals surface area contributed by atoms with Gasteiger partial charge in [-0.05, 0) is 77.8 Å². The Morgan fingerprint density at radius 3 is 2.52 bits per heavy atom. The maximum Gasteiger partial charge on any atom is 0.410 e. The molecule has 1 aromatic carbocycles. The van der Waals surface area contributed by atoms with E-state index in [4.69, 9.17) is 9.47 Å². The van der Waals surface area contributed by atoms with Gasteiger partial charge < -0.3 is 25.0 Å². The van der Waals surface area contributed by atoms with E-state index in [-0.39, 0.29) is 38.9 Å². The molecule has 284 valence electrons. The summed E-state index contributed by atoms with van der Waals surface area (Å²) in [5, 5.41) is 5.46. The van der Waals surface area contributed by atoms with Crippen LogP contribution in [0.5, 0.6) is 0 Å². The highest BCUT2D eigenvalue weighted by Crippen LogP contribution is 2.47. The molecule has 2 aliphatic carbocycles. The largest absolute Gasteiger partial charge is 0.444 e. The van der Waals surface area contributed by atoms with Gasteiger partial charge in [0.2, 0.25) is 21.8 Å². The number of hydrogen-bond acceptors (Lipinski definition) is 9. The third kappa shape index (κ3) is 7.91. The van der Waals surface area contributed by atoms with E-state index in [9.17, 15) is 36.8 Å². The van der Waals surface area contributed by atoms with Gasteiger partial charge in [0.05, 0.1) is 17.8 Å². The van der Waals surface area contributed by atoms with Crippen LogP contribution >= 0.6 is 0 Å². The van der Waals surface area contributed by atoms with E-state index in [1.165, 1.54) is 15.9 Å². The van der Waals surface area contributed by atoms with Gasteiger partial charge in [-0.3, -0.25) is 24.0 Å². The van der Waals surface area contributed by atoms with Gasteiger partial charge in [-0.25, -0.2) is 22.4 Å². The number of benzene rings is 1. The van der Waals surface area contributed by atoms with Crippen molar-refractivity contribution in [2.45, 2.75) is 133 Å². The van der Waals surface area contributed by atoms with E-state index in [1.54, 1.807) is 39.8 Å². The maximum absolute atomic E-state index is 14.4. The molecule has 0 radical (unpaired) electrons. The Labute approximate surface area is 303 Å². The van der Waals surface area contributed by atoms with Crippen LogP contribution in [0.3, 0.4) is 0 Å². The molecule has 5 aliphatic rings. The van der Waals surface area contributed by atoms with Crippen LogP contribution in [0.1, 0.15) is 96.6 Å². The Hall–Kier alpha value is -4.21. The summed E-state index contributed by atoms with van der Waals surface area (Å²) in [5.41, 5.74) is -1.38. The number of nitrogens with zero attached hydrogens (tertiary/aromatic N) is 2. The zero-order chi connectivity index (χ0) is 37.6. The number of alkyl carbamates (subject to hydrolysis) is 1. The normalized spacial score (nSPS) is 29.2. The van der Waals surface area contributed by atoms with Gasteiger partial charge in [-0.1, -0.05) is 37.1 Å². The second-order valence-corrected chi connectivity index (χ2v) is 18.1. The predicted octanol–water partition coefficient (Wildman–Crippen LogP) is 3.53. The molecule has 0 bridgehead atoms. The number of halogens is 1. The molecule has 0 spiro atoms. The molecule has 6 rings (SSSR count). The molecule has 5 atom stereocenters. The molecule has 0 aromatic heterocycles. The Morgan fingerprint density at radius 2 is 1.83 bits per heavy atom.